The number of carbonyl (C=O) groups is 2. The molecule has 0 bridgehead atoms. The highest BCUT2D eigenvalue weighted by atomic mass is 16.6. The van der Waals surface area contributed by atoms with E-state index in [0.29, 0.717) is 18.7 Å². The molecule has 0 N–H and O–H groups in total. The molecule has 0 radical (unpaired) electrons. The van der Waals surface area contributed by atoms with Crippen LogP contribution < -0.4 is 9.47 Å². The molecule has 0 atom stereocenters. The quantitative estimate of drug-likeness (QED) is 0.414. The molecule has 0 saturated carbocycles. The largest absolute Gasteiger partial charge is 0.419 e. The van der Waals surface area contributed by atoms with Crippen LogP contribution in [0, 0.1) is 0 Å². The molecule has 0 heterocycles. The summed E-state index contributed by atoms with van der Waals surface area (Å²) >= 11 is 0. The zero-order valence-electron chi connectivity index (χ0n) is 19.0. The first kappa shape index (κ1) is 23.5. The minimum atomic E-state index is -0.482. The van der Waals surface area contributed by atoms with E-state index in [0.717, 1.165) is 18.4 Å². The van der Waals surface area contributed by atoms with E-state index in [9.17, 15) is 9.59 Å². The minimum absolute atomic E-state index is 0.148. The highest BCUT2D eigenvalue weighted by molar-refractivity contribution is 5.91. The van der Waals surface area contributed by atoms with Gasteiger partial charge in [-0.05, 0) is 61.1 Å². The molecule has 0 spiro atoms. The second-order valence-electron chi connectivity index (χ2n) is 8.29. The van der Waals surface area contributed by atoms with Gasteiger partial charge >= 0.3 is 12.1 Å². The Morgan fingerprint density at radius 2 is 1.50 bits per heavy atom. The zero-order valence-corrected chi connectivity index (χ0v) is 19.0. The van der Waals surface area contributed by atoms with Crippen LogP contribution in [-0.2, 0) is 11.8 Å². The lowest BCUT2D eigenvalue weighted by Crippen LogP contribution is -2.33. The maximum atomic E-state index is 12.8. The van der Waals surface area contributed by atoms with Crippen molar-refractivity contribution in [2.45, 2.75) is 59.8 Å². The van der Waals surface area contributed by atoms with Crippen LogP contribution in [-0.4, -0.2) is 30.1 Å². The molecule has 1 amide bonds. The SMILES string of the molecule is CCCc1ccc(C(=O)Oc2cc(C(C)(C)C)ccc2OC(=O)N(CC)CC)cc1. The predicted molar refractivity (Wildman–Crippen MR) is 119 cm³/mol. The first-order valence-corrected chi connectivity index (χ1v) is 10.6. The molecule has 5 heteroatoms. The number of rotatable bonds is 7. The summed E-state index contributed by atoms with van der Waals surface area (Å²) in [5.41, 5.74) is 2.46. The third-order valence-electron chi connectivity index (χ3n) is 4.96. The van der Waals surface area contributed by atoms with Crippen molar-refractivity contribution in [1.82, 2.24) is 4.90 Å². The third kappa shape index (κ3) is 6.09. The minimum Gasteiger partial charge on any atom is -0.419 e. The standard InChI is InChI=1S/C25H33NO4/c1-7-10-18-11-13-19(14-12-18)23(27)29-22-17-20(25(4,5)6)15-16-21(22)30-24(28)26(8-2)9-3/h11-17H,7-10H2,1-6H3. The van der Waals surface area contributed by atoms with Gasteiger partial charge in [0.1, 0.15) is 0 Å². The second-order valence-corrected chi connectivity index (χ2v) is 8.29. The average Bonchev–Trinajstić information content (AvgIpc) is 2.70. The van der Waals surface area contributed by atoms with E-state index in [1.807, 2.05) is 32.0 Å². The lowest BCUT2D eigenvalue weighted by Gasteiger charge is -2.22. The zero-order chi connectivity index (χ0) is 22.3. The molecule has 0 aromatic heterocycles. The highest BCUT2D eigenvalue weighted by Crippen LogP contribution is 2.34. The van der Waals surface area contributed by atoms with Crippen LogP contribution in [0.15, 0.2) is 42.5 Å². The summed E-state index contributed by atoms with van der Waals surface area (Å²) in [4.78, 5) is 26.7. The summed E-state index contributed by atoms with van der Waals surface area (Å²) in [5, 5.41) is 0. The van der Waals surface area contributed by atoms with E-state index >= 15 is 0 Å². The number of aryl methyl sites for hydroxylation is 1. The number of benzene rings is 2. The molecule has 0 unspecified atom stereocenters. The Morgan fingerprint density at radius 3 is 2.03 bits per heavy atom. The fraction of sp³-hybridized carbons (Fsp3) is 0.440. The van der Waals surface area contributed by atoms with E-state index in [-0.39, 0.29) is 16.9 Å². The Labute approximate surface area is 180 Å². The van der Waals surface area contributed by atoms with Gasteiger partial charge in [0.25, 0.3) is 0 Å². The highest BCUT2D eigenvalue weighted by Gasteiger charge is 2.22. The van der Waals surface area contributed by atoms with Gasteiger partial charge in [-0.1, -0.05) is 52.3 Å². The molecule has 0 aliphatic carbocycles. The van der Waals surface area contributed by atoms with Gasteiger partial charge in [0.05, 0.1) is 5.56 Å². The molecule has 2 rings (SSSR count). The van der Waals surface area contributed by atoms with Crippen molar-refractivity contribution in [3.63, 3.8) is 0 Å². The molecule has 0 aliphatic heterocycles. The Morgan fingerprint density at radius 1 is 0.867 bits per heavy atom. The van der Waals surface area contributed by atoms with Crippen LogP contribution in [0.4, 0.5) is 4.79 Å². The summed E-state index contributed by atoms with van der Waals surface area (Å²) in [6.07, 6.45) is 1.55. The predicted octanol–water partition coefficient (Wildman–Crippen LogP) is 6.00. The van der Waals surface area contributed by atoms with Crippen molar-refractivity contribution in [3.8, 4) is 11.5 Å². The van der Waals surface area contributed by atoms with Gasteiger partial charge in [0, 0.05) is 13.1 Å². The maximum absolute atomic E-state index is 12.8. The number of esters is 1. The molecule has 2 aromatic rings. The van der Waals surface area contributed by atoms with Crippen molar-refractivity contribution < 1.29 is 19.1 Å². The molecular formula is C25H33NO4. The van der Waals surface area contributed by atoms with Crippen LogP contribution in [0.2, 0.25) is 0 Å². The van der Waals surface area contributed by atoms with E-state index in [2.05, 4.69) is 27.7 Å². The molecule has 0 fully saturated rings. The number of ether oxygens (including phenoxy) is 2. The summed E-state index contributed by atoms with van der Waals surface area (Å²) in [6.45, 7) is 13.2. The van der Waals surface area contributed by atoms with Gasteiger partial charge in [-0.15, -0.1) is 0 Å². The third-order valence-corrected chi connectivity index (χ3v) is 4.96. The fourth-order valence-corrected chi connectivity index (χ4v) is 3.03. The number of hydrogen-bond acceptors (Lipinski definition) is 4. The van der Waals surface area contributed by atoms with Gasteiger partial charge in [0.15, 0.2) is 11.5 Å². The van der Waals surface area contributed by atoms with Crippen LogP contribution in [0.1, 0.15) is 69.4 Å². The first-order valence-electron chi connectivity index (χ1n) is 10.6. The topological polar surface area (TPSA) is 55.8 Å². The number of amides is 1. The molecule has 0 saturated heterocycles. The van der Waals surface area contributed by atoms with Gasteiger partial charge in [-0.2, -0.15) is 0 Å². The van der Waals surface area contributed by atoms with Crippen molar-refractivity contribution in [2.75, 3.05) is 13.1 Å². The van der Waals surface area contributed by atoms with Crippen LogP contribution in [0.25, 0.3) is 0 Å². The monoisotopic (exact) mass is 411 g/mol. The normalized spacial score (nSPS) is 11.1. The van der Waals surface area contributed by atoms with Gasteiger partial charge in [-0.25, -0.2) is 9.59 Å². The van der Waals surface area contributed by atoms with E-state index in [1.165, 1.54) is 5.56 Å². The van der Waals surface area contributed by atoms with Gasteiger partial charge in [-0.3, -0.25) is 0 Å². The van der Waals surface area contributed by atoms with Crippen molar-refractivity contribution in [1.29, 1.82) is 0 Å². The number of nitrogens with zero attached hydrogens (tertiary/aromatic N) is 1. The van der Waals surface area contributed by atoms with E-state index in [4.69, 9.17) is 9.47 Å². The van der Waals surface area contributed by atoms with Crippen molar-refractivity contribution >= 4 is 12.1 Å². The summed E-state index contributed by atoms with van der Waals surface area (Å²) < 4.78 is 11.2. The Bertz CT molecular complexity index is 862. The molecule has 5 nitrogen and oxygen atoms in total. The number of hydrogen-bond donors (Lipinski definition) is 0. The van der Waals surface area contributed by atoms with E-state index < -0.39 is 12.1 Å². The van der Waals surface area contributed by atoms with Crippen LogP contribution in [0.3, 0.4) is 0 Å². The fourth-order valence-electron chi connectivity index (χ4n) is 3.03. The molecule has 0 aliphatic rings. The second kappa shape index (κ2) is 10.3. The average molecular weight is 412 g/mol. The summed E-state index contributed by atoms with van der Waals surface area (Å²) in [5.74, 6) is -0.00864. The van der Waals surface area contributed by atoms with Gasteiger partial charge in [0.2, 0.25) is 0 Å². The molecule has 30 heavy (non-hydrogen) atoms. The lowest BCUT2D eigenvalue weighted by atomic mass is 9.87. The summed E-state index contributed by atoms with van der Waals surface area (Å²) in [6, 6.07) is 12.8. The maximum Gasteiger partial charge on any atom is 0.415 e. The van der Waals surface area contributed by atoms with Crippen molar-refractivity contribution in [2.24, 2.45) is 0 Å². The van der Waals surface area contributed by atoms with Crippen LogP contribution in [0.5, 0.6) is 11.5 Å². The Hall–Kier alpha value is -2.82. The lowest BCUT2D eigenvalue weighted by molar-refractivity contribution is 0.0727. The Balaban J connectivity index is 2.32. The van der Waals surface area contributed by atoms with Crippen molar-refractivity contribution in [3.05, 3.63) is 59.2 Å². The van der Waals surface area contributed by atoms with Gasteiger partial charge < -0.3 is 14.4 Å². The summed E-state index contributed by atoms with van der Waals surface area (Å²) in [7, 11) is 0. The van der Waals surface area contributed by atoms with E-state index in [1.54, 1.807) is 29.2 Å². The molecule has 162 valence electrons. The Kier molecular flexibility index (Phi) is 8.04. The molecule has 2 aromatic carbocycles. The molecular weight excluding hydrogens is 378 g/mol. The van der Waals surface area contributed by atoms with Crippen LogP contribution >= 0.6 is 0 Å². The number of carbonyl (C=O) groups excluding carboxylic acids is 2. The smallest absolute Gasteiger partial charge is 0.415 e. The first-order chi connectivity index (χ1) is 14.2.